The number of para-hydroxylation sites is 2. The van der Waals surface area contributed by atoms with Crippen molar-refractivity contribution in [3.05, 3.63) is 89.2 Å². The van der Waals surface area contributed by atoms with Crippen molar-refractivity contribution in [2.24, 2.45) is 0 Å². The Bertz CT molecular complexity index is 1270. The molecule has 2 heterocycles. The lowest BCUT2D eigenvalue weighted by Crippen LogP contribution is -2.46. The fourth-order valence-corrected chi connectivity index (χ4v) is 5.49. The number of nitrogens with one attached hydrogen (secondary N) is 1. The van der Waals surface area contributed by atoms with Gasteiger partial charge >= 0.3 is 0 Å². The van der Waals surface area contributed by atoms with Crippen LogP contribution in [-0.2, 0) is 9.59 Å². The number of anilines is 2. The SMILES string of the molecule is CCCCCCCC(=O)N1c2ccccc2NC2=C(C(=O)N(CC=C(C)C)C2(C)C)C1/C=C/c1ccccc1. The van der Waals surface area contributed by atoms with Gasteiger partial charge in [0, 0.05) is 13.0 Å². The molecule has 0 saturated carbocycles. The summed E-state index contributed by atoms with van der Waals surface area (Å²) in [5, 5.41) is 3.63. The first-order valence-corrected chi connectivity index (χ1v) is 14.4. The van der Waals surface area contributed by atoms with Gasteiger partial charge in [0.2, 0.25) is 5.91 Å². The molecular formula is C34H43N3O2. The molecule has 0 aromatic heterocycles. The van der Waals surface area contributed by atoms with Crippen LogP contribution in [-0.4, -0.2) is 34.8 Å². The maximum atomic E-state index is 14.2. The van der Waals surface area contributed by atoms with Crippen molar-refractivity contribution in [1.29, 1.82) is 0 Å². The van der Waals surface area contributed by atoms with E-state index < -0.39 is 11.6 Å². The van der Waals surface area contributed by atoms with Gasteiger partial charge in [0.15, 0.2) is 0 Å². The number of unbranched alkanes of at least 4 members (excludes halogenated alkanes) is 4. The quantitative estimate of drug-likeness (QED) is 0.255. The molecule has 2 aliphatic heterocycles. The molecule has 39 heavy (non-hydrogen) atoms. The smallest absolute Gasteiger partial charge is 0.255 e. The lowest BCUT2D eigenvalue weighted by Gasteiger charge is -2.35. The predicted octanol–water partition coefficient (Wildman–Crippen LogP) is 7.73. The van der Waals surface area contributed by atoms with Crippen LogP contribution < -0.4 is 10.2 Å². The molecule has 206 valence electrons. The summed E-state index contributed by atoms with van der Waals surface area (Å²) < 4.78 is 0. The maximum Gasteiger partial charge on any atom is 0.255 e. The molecule has 5 nitrogen and oxygen atoms in total. The van der Waals surface area contributed by atoms with Crippen LogP contribution in [0.4, 0.5) is 11.4 Å². The zero-order valence-electron chi connectivity index (χ0n) is 24.2. The first-order chi connectivity index (χ1) is 18.8. The molecule has 5 heteroatoms. The van der Waals surface area contributed by atoms with Gasteiger partial charge in [-0.25, -0.2) is 0 Å². The third-order valence-electron chi connectivity index (χ3n) is 7.74. The normalized spacial score (nSPS) is 18.1. The molecule has 2 amide bonds. The number of allylic oxidation sites excluding steroid dienone is 1. The van der Waals surface area contributed by atoms with E-state index >= 15 is 0 Å². The zero-order chi connectivity index (χ0) is 28.0. The molecule has 2 aromatic rings. The number of rotatable bonds is 10. The van der Waals surface area contributed by atoms with Gasteiger partial charge < -0.3 is 10.2 Å². The second-order valence-corrected chi connectivity index (χ2v) is 11.3. The largest absolute Gasteiger partial charge is 0.355 e. The molecule has 2 aliphatic rings. The molecule has 4 rings (SSSR count). The molecular weight excluding hydrogens is 482 g/mol. The molecule has 0 fully saturated rings. The van der Waals surface area contributed by atoms with Crippen LogP contribution in [0.1, 0.15) is 78.7 Å². The van der Waals surface area contributed by atoms with E-state index in [4.69, 9.17) is 0 Å². The van der Waals surface area contributed by atoms with Gasteiger partial charge in [0.25, 0.3) is 5.91 Å². The predicted molar refractivity (Wildman–Crippen MR) is 162 cm³/mol. The highest BCUT2D eigenvalue weighted by atomic mass is 16.2. The van der Waals surface area contributed by atoms with E-state index in [1.165, 1.54) is 18.4 Å². The topological polar surface area (TPSA) is 52.7 Å². The van der Waals surface area contributed by atoms with Crippen molar-refractivity contribution in [3.8, 4) is 0 Å². The zero-order valence-corrected chi connectivity index (χ0v) is 24.2. The number of hydrogen-bond donors (Lipinski definition) is 1. The van der Waals surface area contributed by atoms with Gasteiger partial charge in [-0.3, -0.25) is 14.5 Å². The summed E-state index contributed by atoms with van der Waals surface area (Å²) in [6.07, 6.45) is 12.0. The van der Waals surface area contributed by atoms with E-state index in [2.05, 4.69) is 32.2 Å². The lowest BCUT2D eigenvalue weighted by molar-refractivity contribution is -0.128. The molecule has 0 saturated heterocycles. The monoisotopic (exact) mass is 525 g/mol. The van der Waals surface area contributed by atoms with Crippen LogP contribution in [0, 0.1) is 0 Å². The van der Waals surface area contributed by atoms with Crippen LogP contribution in [0.15, 0.2) is 83.6 Å². The van der Waals surface area contributed by atoms with E-state index in [0.717, 1.165) is 41.9 Å². The first kappa shape index (κ1) is 28.4. The van der Waals surface area contributed by atoms with E-state index in [0.29, 0.717) is 18.5 Å². The number of carbonyl (C=O) groups is 2. The van der Waals surface area contributed by atoms with Gasteiger partial charge in [-0.1, -0.05) is 98.9 Å². The summed E-state index contributed by atoms with van der Waals surface area (Å²) in [7, 11) is 0. The number of fused-ring (bicyclic) bond motifs is 1. The number of nitrogens with zero attached hydrogens (tertiary/aromatic N) is 2. The molecule has 1 unspecified atom stereocenters. The van der Waals surface area contributed by atoms with Gasteiger partial charge in [-0.15, -0.1) is 0 Å². The minimum absolute atomic E-state index is 0.0312. The van der Waals surface area contributed by atoms with Crippen LogP contribution in [0.2, 0.25) is 0 Å². The highest BCUT2D eigenvalue weighted by Gasteiger charge is 2.50. The number of amides is 2. The van der Waals surface area contributed by atoms with Crippen molar-refractivity contribution in [2.75, 3.05) is 16.8 Å². The summed E-state index contributed by atoms with van der Waals surface area (Å²) in [6.45, 7) is 11.0. The van der Waals surface area contributed by atoms with Crippen LogP contribution in [0.25, 0.3) is 6.08 Å². The molecule has 1 atom stereocenters. The molecule has 1 N–H and O–H groups in total. The standard InChI is InChI=1S/C34H43N3O2/c1-6-7-8-9-13-20-30(38)37-28-19-15-14-18-27(28)35-32-31(29(37)22-21-26-16-11-10-12-17-26)33(39)36(34(32,4)5)24-23-25(2)3/h10-12,14-19,21-23,29,35H,6-9,13,20,24H2,1-5H3/b22-21+. The van der Waals surface area contributed by atoms with Gasteiger partial charge in [0.1, 0.15) is 0 Å². The van der Waals surface area contributed by atoms with Gasteiger partial charge in [0.05, 0.1) is 34.2 Å². The molecule has 0 radical (unpaired) electrons. The second kappa shape index (κ2) is 12.5. The Balaban J connectivity index is 1.82. The average Bonchev–Trinajstić information content (AvgIpc) is 3.02. The maximum absolute atomic E-state index is 14.2. The molecule has 2 aromatic carbocycles. The van der Waals surface area contributed by atoms with Gasteiger partial charge in [-0.05, 0) is 51.8 Å². The summed E-state index contributed by atoms with van der Waals surface area (Å²) in [4.78, 5) is 32.0. The highest BCUT2D eigenvalue weighted by molar-refractivity contribution is 6.08. The number of hydrogen-bond acceptors (Lipinski definition) is 3. The number of carbonyl (C=O) groups excluding carboxylic acids is 2. The van der Waals surface area contributed by atoms with E-state index in [9.17, 15) is 9.59 Å². The Morgan fingerprint density at radius 1 is 0.974 bits per heavy atom. The average molecular weight is 526 g/mol. The van der Waals surface area contributed by atoms with E-state index in [-0.39, 0.29) is 11.8 Å². The number of benzene rings is 2. The molecule has 0 spiro atoms. The minimum atomic E-state index is -0.566. The Morgan fingerprint density at radius 3 is 2.38 bits per heavy atom. The van der Waals surface area contributed by atoms with Crippen molar-refractivity contribution in [1.82, 2.24) is 4.90 Å². The van der Waals surface area contributed by atoms with Crippen molar-refractivity contribution in [2.45, 2.75) is 84.7 Å². The van der Waals surface area contributed by atoms with Gasteiger partial charge in [-0.2, -0.15) is 0 Å². The Kier molecular flexibility index (Phi) is 9.11. The highest BCUT2D eigenvalue weighted by Crippen LogP contribution is 2.44. The van der Waals surface area contributed by atoms with Crippen molar-refractivity contribution in [3.63, 3.8) is 0 Å². The second-order valence-electron chi connectivity index (χ2n) is 11.3. The lowest BCUT2D eigenvalue weighted by atomic mass is 9.95. The van der Waals surface area contributed by atoms with Crippen molar-refractivity contribution < 1.29 is 9.59 Å². The fraction of sp³-hybridized carbons (Fsp3) is 0.412. The van der Waals surface area contributed by atoms with E-state index in [1.54, 1.807) is 0 Å². The molecule has 0 aliphatic carbocycles. The minimum Gasteiger partial charge on any atom is -0.355 e. The third kappa shape index (κ3) is 6.19. The van der Waals surface area contributed by atoms with E-state index in [1.807, 2.05) is 90.4 Å². The van der Waals surface area contributed by atoms with Crippen molar-refractivity contribution >= 4 is 29.3 Å². The third-order valence-corrected chi connectivity index (χ3v) is 7.74. The summed E-state index contributed by atoms with van der Waals surface area (Å²) in [5.74, 6) is 0.0156. The summed E-state index contributed by atoms with van der Waals surface area (Å²) in [6, 6.07) is 17.5. The van der Waals surface area contributed by atoms with Crippen LogP contribution in [0.3, 0.4) is 0 Å². The molecule has 0 bridgehead atoms. The fourth-order valence-electron chi connectivity index (χ4n) is 5.49. The Morgan fingerprint density at radius 2 is 1.67 bits per heavy atom. The van der Waals surface area contributed by atoms with Crippen LogP contribution >= 0.6 is 0 Å². The summed E-state index contributed by atoms with van der Waals surface area (Å²) in [5.41, 5.74) is 4.80. The van der Waals surface area contributed by atoms with Crippen LogP contribution in [0.5, 0.6) is 0 Å². The Labute approximate surface area is 234 Å². The summed E-state index contributed by atoms with van der Waals surface area (Å²) >= 11 is 0. The Hall–Kier alpha value is -3.60. The first-order valence-electron chi connectivity index (χ1n) is 14.4.